The topological polar surface area (TPSA) is 63.7 Å². The van der Waals surface area contributed by atoms with Crippen LogP contribution in [-0.4, -0.2) is 50.0 Å². The van der Waals surface area contributed by atoms with Crippen molar-refractivity contribution in [3.8, 4) is 0 Å². The number of alkyl halides is 7. The number of halogens is 8. The van der Waals surface area contributed by atoms with Crippen molar-refractivity contribution in [2.24, 2.45) is 0 Å². The van der Waals surface area contributed by atoms with E-state index in [-0.39, 0.29) is 41.8 Å². The molecule has 1 heterocycles. The predicted molar refractivity (Wildman–Crippen MR) is 139 cm³/mol. The Morgan fingerprint density at radius 1 is 1.00 bits per heavy atom. The minimum atomic E-state index is -6.32. The lowest BCUT2D eigenvalue weighted by molar-refractivity contribution is -0.348. The van der Waals surface area contributed by atoms with Crippen molar-refractivity contribution in [1.82, 2.24) is 4.90 Å². The second-order valence-electron chi connectivity index (χ2n) is 11.3. The fourth-order valence-corrected chi connectivity index (χ4v) is 8.64. The van der Waals surface area contributed by atoms with Gasteiger partial charge in [0.15, 0.2) is 9.84 Å². The van der Waals surface area contributed by atoms with Gasteiger partial charge in [0.2, 0.25) is 0 Å². The fourth-order valence-electron chi connectivity index (χ4n) is 5.72. The molecule has 0 N–H and O–H groups in total. The van der Waals surface area contributed by atoms with Gasteiger partial charge in [-0.3, -0.25) is 0 Å². The van der Waals surface area contributed by atoms with Crippen LogP contribution in [0.4, 0.5) is 35.5 Å². The number of ether oxygens (including phenoxy) is 1. The molecular formula is C27H27BrF7NO4S. The van der Waals surface area contributed by atoms with E-state index in [4.69, 9.17) is 4.74 Å². The molecule has 0 radical (unpaired) electrons. The predicted octanol–water partition coefficient (Wildman–Crippen LogP) is 7.67. The third kappa shape index (κ3) is 4.92. The van der Waals surface area contributed by atoms with E-state index in [0.29, 0.717) is 22.2 Å². The van der Waals surface area contributed by atoms with E-state index >= 15 is 0 Å². The molecule has 1 saturated heterocycles. The van der Waals surface area contributed by atoms with Gasteiger partial charge in [-0.05, 0) is 75.8 Å². The average molecular weight is 674 g/mol. The third-order valence-corrected chi connectivity index (χ3v) is 11.0. The lowest BCUT2D eigenvalue weighted by Crippen LogP contribution is -2.53. The number of carbonyl (C=O) groups is 1. The second-order valence-corrected chi connectivity index (χ2v) is 14.4. The van der Waals surface area contributed by atoms with Gasteiger partial charge in [0.25, 0.3) is 0 Å². The highest BCUT2D eigenvalue weighted by Crippen LogP contribution is 2.57. The number of sulfone groups is 1. The molecule has 2 aliphatic rings. The standard InChI is InChI=1S/C27H27BrF7NO4S/c1-15-5-8-18(14-20(15)28)41(38,39)24-11-12-36(22(37)40-23(2,3)4)21(24)10-6-16-13-17(7-9-19(16)24)25(29,26(30,31)32)27(33,34)35/h5,7-9,13-14,21H,6,10-12H2,1-4H3. The molecule has 41 heavy (non-hydrogen) atoms. The van der Waals surface area contributed by atoms with Crippen LogP contribution in [0.3, 0.4) is 0 Å². The number of aryl methyl sites for hydroxylation is 2. The summed E-state index contributed by atoms with van der Waals surface area (Å²) < 4.78 is 129. The summed E-state index contributed by atoms with van der Waals surface area (Å²) >= 11 is 3.30. The van der Waals surface area contributed by atoms with Crippen molar-refractivity contribution >= 4 is 31.9 Å². The summed E-state index contributed by atoms with van der Waals surface area (Å²) in [6.45, 7) is 6.49. The van der Waals surface area contributed by atoms with Crippen molar-refractivity contribution in [3.05, 3.63) is 63.1 Å². The molecule has 1 aliphatic carbocycles. The molecule has 0 spiro atoms. The minimum Gasteiger partial charge on any atom is -0.444 e. The summed E-state index contributed by atoms with van der Waals surface area (Å²) in [4.78, 5) is 14.2. The number of nitrogens with zero attached hydrogens (tertiary/aromatic N) is 1. The van der Waals surface area contributed by atoms with Crippen molar-refractivity contribution < 1.29 is 48.7 Å². The zero-order chi connectivity index (χ0) is 31.0. The van der Waals surface area contributed by atoms with Crippen LogP contribution in [0.15, 0.2) is 45.8 Å². The molecule has 226 valence electrons. The highest BCUT2D eigenvalue weighted by atomic mass is 79.9. The van der Waals surface area contributed by atoms with Crippen LogP contribution in [0.25, 0.3) is 0 Å². The van der Waals surface area contributed by atoms with E-state index in [1.807, 2.05) is 0 Å². The Morgan fingerprint density at radius 3 is 2.15 bits per heavy atom. The molecule has 2 aromatic carbocycles. The van der Waals surface area contributed by atoms with Crippen LogP contribution in [0.1, 0.15) is 55.9 Å². The van der Waals surface area contributed by atoms with Crippen LogP contribution < -0.4 is 0 Å². The van der Waals surface area contributed by atoms with Crippen molar-refractivity contribution in [2.75, 3.05) is 6.54 Å². The molecule has 4 rings (SSSR count). The molecule has 1 amide bonds. The fraction of sp³-hybridized carbons (Fsp3) is 0.519. The molecule has 0 bridgehead atoms. The molecule has 0 saturated carbocycles. The number of fused-ring (bicyclic) bond motifs is 3. The van der Waals surface area contributed by atoms with Crippen molar-refractivity contribution in [2.45, 2.75) is 86.3 Å². The van der Waals surface area contributed by atoms with Crippen LogP contribution in [-0.2, 0) is 31.4 Å². The maximum absolute atomic E-state index is 14.9. The van der Waals surface area contributed by atoms with Gasteiger partial charge in [0, 0.05) is 16.6 Å². The lowest BCUT2D eigenvalue weighted by Gasteiger charge is -2.43. The van der Waals surface area contributed by atoms with E-state index in [9.17, 15) is 43.9 Å². The zero-order valence-electron chi connectivity index (χ0n) is 22.4. The van der Waals surface area contributed by atoms with E-state index in [0.717, 1.165) is 6.07 Å². The highest BCUT2D eigenvalue weighted by molar-refractivity contribution is 9.10. The number of hydrogen-bond acceptors (Lipinski definition) is 4. The normalized spacial score (nSPS) is 21.9. The van der Waals surface area contributed by atoms with Crippen LogP contribution in [0.2, 0.25) is 0 Å². The summed E-state index contributed by atoms with van der Waals surface area (Å²) in [5, 5.41) is 0. The molecule has 1 aliphatic heterocycles. The Balaban J connectivity index is 1.96. The Morgan fingerprint density at radius 2 is 1.61 bits per heavy atom. The molecule has 2 unspecified atom stereocenters. The SMILES string of the molecule is Cc1ccc(S(=O)(=O)C23CCN(C(=O)OC(C)(C)C)C2CCc2cc(C(F)(C(F)(F)F)C(F)(F)F)ccc23)cc1Br. The number of benzene rings is 2. The van der Waals surface area contributed by atoms with Gasteiger partial charge in [0.1, 0.15) is 10.3 Å². The van der Waals surface area contributed by atoms with Crippen LogP contribution in [0.5, 0.6) is 0 Å². The molecule has 2 atom stereocenters. The number of carbonyl (C=O) groups excluding carboxylic acids is 1. The first kappa shape index (κ1) is 31.6. The number of rotatable bonds is 3. The van der Waals surface area contributed by atoms with Gasteiger partial charge in [-0.15, -0.1) is 0 Å². The first-order valence-electron chi connectivity index (χ1n) is 12.5. The molecule has 14 heteroatoms. The summed E-state index contributed by atoms with van der Waals surface area (Å²) in [6, 6.07) is 4.80. The Labute approximate surface area is 241 Å². The number of likely N-dealkylation sites (tertiary alicyclic amines) is 1. The van der Waals surface area contributed by atoms with E-state index in [1.54, 1.807) is 33.8 Å². The number of amides is 1. The lowest BCUT2D eigenvalue weighted by atomic mass is 9.77. The van der Waals surface area contributed by atoms with Crippen molar-refractivity contribution in [1.29, 1.82) is 0 Å². The third-order valence-electron chi connectivity index (χ3n) is 7.63. The van der Waals surface area contributed by atoms with Gasteiger partial charge in [0.05, 0.1) is 10.9 Å². The Bertz CT molecular complexity index is 1470. The van der Waals surface area contributed by atoms with Gasteiger partial charge < -0.3 is 9.64 Å². The smallest absolute Gasteiger partial charge is 0.435 e. The highest BCUT2D eigenvalue weighted by Gasteiger charge is 2.74. The zero-order valence-corrected chi connectivity index (χ0v) is 24.8. The van der Waals surface area contributed by atoms with Crippen molar-refractivity contribution in [3.63, 3.8) is 0 Å². The van der Waals surface area contributed by atoms with Gasteiger partial charge in [-0.25, -0.2) is 17.6 Å². The molecular weight excluding hydrogens is 647 g/mol. The molecule has 5 nitrogen and oxygen atoms in total. The average Bonchev–Trinajstić information content (AvgIpc) is 3.24. The van der Waals surface area contributed by atoms with Gasteiger partial charge >= 0.3 is 24.1 Å². The minimum absolute atomic E-state index is 0.0769. The van der Waals surface area contributed by atoms with Crippen LogP contribution >= 0.6 is 15.9 Å². The summed E-state index contributed by atoms with van der Waals surface area (Å²) in [7, 11) is -4.45. The molecule has 2 aromatic rings. The summed E-state index contributed by atoms with van der Waals surface area (Å²) in [5.74, 6) is 0. The van der Waals surface area contributed by atoms with E-state index in [2.05, 4.69) is 15.9 Å². The monoisotopic (exact) mass is 673 g/mol. The van der Waals surface area contributed by atoms with E-state index < -0.39 is 55.9 Å². The quantitative estimate of drug-likeness (QED) is 0.314. The number of hydrogen-bond donors (Lipinski definition) is 0. The second kappa shape index (κ2) is 9.85. The Kier molecular flexibility index (Phi) is 7.59. The maximum atomic E-state index is 14.9. The van der Waals surface area contributed by atoms with E-state index in [1.165, 1.54) is 17.0 Å². The summed E-state index contributed by atoms with van der Waals surface area (Å²) in [6.07, 6.45) is -14.0. The largest absolute Gasteiger partial charge is 0.444 e. The first-order chi connectivity index (χ1) is 18.6. The summed E-state index contributed by atoms with van der Waals surface area (Å²) in [5.41, 5.74) is -7.82. The first-order valence-corrected chi connectivity index (χ1v) is 14.8. The Hall–Kier alpha value is -2.35. The van der Waals surface area contributed by atoms with Gasteiger partial charge in [-0.1, -0.05) is 40.2 Å². The van der Waals surface area contributed by atoms with Gasteiger partial charge in [-0.2, -0.15) is 26.3 Å². The maximum Gasteiger partial charge on any atom is 0.435 e. The molecule has 0 aromatic heterocycles. The van der Waals surface area contributed by atoms with Crippen LogP contribution in [0, 0.1) is 6.92 Å². The molecule has 1 fully saturated rings.